The zero-order valence-corrected chi connectivity index (χ0v) is 14.9. The first-order valence-electron chi connectivity index (χ1n) is 6.59. The first-order chi connectivity index (χ1) is 9.60. The molecule has 0 radical (unpaired) electrons. The van der Waals surface area contributed by atoms with Crippen LogP contribution < -0.4 is 11.1 Å². The lowest BCUT2D eigenvalue weighted by atomic mass is 10.0. The van der Waals surface area contributed by atoms with E-state index in [0.29, 0.717) is 18.2 Å². The van der Waals surface area contributed by atoms with E-state index in [4.69, 9.17) is 10.2 Å². The molecule has 1 amide bonds. The first kappa shape index (κ1) is 20.9. The second kappa shape index (κ2) is 9.84. The molecule has 0 fully saturated rings. The maximum atomic E-state index is 12.1. The van der Waals surface area contributed by atoms with Gasteiger partial charge in [-0.15, -0.1) is 36.2 Å². The fraction of sp³-hybridized carbons (Fsp3) is 0.429. The Kier molecular flexibility index (Phi) is 9.36. The molecule has 0 saturated carbocycles. The molecule has 2 rings (SSSR count). The van der Waals surface area contributed by atoms with Gasteiger partial charge in [0, 0.05) is 23.5 Å². The molecule has 0 saturated heterocycles. The number of hydrogen-bond donors (Lipinski definition) is 2. The normalized spacial score (nSPS) is 11.5. The number of rotatable bonds is 6. The van der Waals surface area contributed by atoms with E-state index in [1.165, 1.54) is 11.3 Å². The summed E-state index contributed by atoms with van der Waals surface area (Å²) in [4.78, 5) is 16.5. The number of amides is 1. The second-order valence-corrected chi connectivity index (χ2v) is 5.94. The average Bonchev–Trinajstić information content (AvgIpc) is 3.07. The Labute approximate surface area is 146 Å². The summed E-state index contributed by atoms with van der Waals surface area (Å²) in [6, 6.07) is 1.81. The summed E-state index contributed by atoms with van der Waals surface area (Å²) in [5.74, 6) is 0.313. The molecule has 1 atom stereocenters. The predicted octanol–water partition coefficient (Wildman–Crippen LogP) is 3.35. The summed E-state index contributed by atoms with van der Waals surface area (Å²) in [5, 5.41) is 5.46. The standard InChI is InChI=1S/C14H19N3O2S.2ClH/c1-9(2)5-11(6-15)16-13(18)12-8-20-14(17-12)10-3-4-19-7-10;;/h3-4,7-9,11H,5-6,15H2,1-2H3,(H,16,18);2*1H. The van der Waals surface area contributed by atoms with E-state index < -0.39 is 0 Å². The van der Waals surface area contributed by atoms with Gasteiger partial charge in [-0.05, 0) is 18.4 Å². The highest BCUT2D eigenvalue weighted by molar-refractivity contribution is 7.13. The quantitative estimate of drug-likeness (QED) is 0.822. The highest BCUT2D eigenvalue weighted by atomic mass is 35.5. The van der Waals surface area contributed by atoms with Gasteiger partial charge in [0.15, 0.2) is 0 Å². The van der Waals surface area contributed by atoms with Crippen LogP contribution in [0.4, 0.5) is 0 Å². The van der Waals surface area contributed by atoms with Crippen LogP contribution in [0, 0.1) is 5.92 Å². The van der Waals surface area contributed by atoms with Gasteiger partial charge in [0.1, 0.15) is 17.0 Å². The van der Waals surface area contributed by atoms with Crippen LogP contribution in [-0.4, -0.2) is 23.5 Å². The number of nitrogens with one attached hydrogen (secondary N) is 1. The molecule has 0 spiro atoms. The monoisotopic (exact) mass is 365 g/mol. The summed E-state index contributed by atoms with van der Waals surface area (Å²) >= 11 is 1.42. The van der Waals surface area contributed by atoms with E-state index in [2.05, 4.69) is 24.1 Å². The Balaban J connectivity index is 0.00000220. The third-order valence-corrected chi connectivity index (χ3v) is 3.77. The van der Waals surface area contributed by atoms with Crippen molar-refractivity contribution in [1.29, 1.82) is 0 Å². The van der Waals surface area contributed by atoms with Crippen LogP contribution in [0.3, 0.4) is 0 Å². The van der Waals surface area contributed by atoms with Crippen LogP contribution in [0.5, 0.6) is 0 Å². The van der Waals surface area contributed by atoms with Crippen molar-refractivity contribution in [3.63, 3.8) is 0 Å². The Morgan fingerprint density at radius 1 is 1.45 bits per heavy atom. The summed E-state index contributed by atoms with van der Waals surface area (Å²) in [6.45, 7) is 4.64. The molecule has 0 aliphatic rings. The van der Waals surface area contributed by atoms with Gasteiger partial charge >= 0.3 is 0 Å². The number of nitrogens with two attached hydrogens (primary N) is 1. The number of furan rings is 1. The summed E-state index contributed by atoms with van der Waals surface area (Å²) in [6.07, 6.45) is 4.06. The SMILES string of the molecule is CC(C)CC(CN)NC(=O)c1csc(-c2ccoc2)n1.Cl.Cl. The summed E-state index contributed by atoms with van der Waals surface area (Å²) in [7, 11) is 0. The molecule has 3 N–H and O–H groups in total. The van der Waals surface area contributed by atoms with Gasteiger partial charge < -0.3 is 15.5 Å². The van der Waals surface area contributed by atoms with Gasteiger partial charge in [0.05, 0.1) is 6.26 Å². The molecule has 0 aromatic carbocycles. The van der Waals surface area contributed by atoms with Crippen molar-refractivity contribution in [2.45, 2.75) is 26.3 Å². The molecule has 2 heterocycles. The molecule has 0 aliphatic heterocycles. The van der Waals surface area contributed by atoms with Crippen molar-refractivity contribution >= 4 is 42.1 Å². The Morgan fingerprint density at radius 2 is 2.18 bits per heavy atom. The van der Waals surface area contributed by atoms with Crippen molar-refractivity contribution in [3.8, 4) is 10.6 Å². The maximum Gasteiger partial charge on any atom is 0.271 e. The first-order valence-corrected chi connectivity index (χ1v) is 7.47. The van der Waals surface area contributed by atoms with Gasteiger partial charge in [-0.2, -0.15) is 0 Å². The Hall–Kier alpha value is -1.08. The number of halogens is 2. The van der Waals surface area contributed by atoms with Crippen molar-refractivity contribution in [2.24, 2.45) is 11.7 Å². The number of aromatic nitrogens is 1. The number of carbonyl (C=O) groups is 1. The highest BCUT2D eigenvalue weighted by Gasteiger charge is 2.17. The molecule has 0 aliphatic carbocycles. The maximum absolute atomic E-state index is 12.1. The summed E-state index contributed by atoms with van der Waals surface area (Å²) < 4.78 is 5.01. The molecule has 2 aromatic rings. The summed E-state index contributed by atoms with van der Waals surface area (Å²) in [5.41, 5.74) is 6.99. The third kappa shape index (κ3) is 5.61. The average molecular weight is 366 g/mol. The van der Waals surface area contributed by atoms with E-state index >= 15 is 0 Å². The van der Waals surface area contributed by atoms with E-state index in [1.54, 1.807) is 17.9 Å². The van der Waals surface area contributed by atoms with Gasteiger partial charge in [-0.25, -0.2) is 4.98 Å². The lowest BCUT2D eigenvalue weighted by molar-refractivity contribution is 0.0929. The lowest BCUT2D eigenvalue weighted by Gasteiger charge is -2.18. The van der Waals surface area contributed by atoms with Crippen LogP contribution in [0.15, 0.2) is 28.4 Å². The van der Waals surface area contributed by atoms with Gasteiger partial charge in [0.2, 0.25) is 0 Å². The van der Waals surface area contributed by atoms with Gasteiger partial charge in [-0.1, -0.05) is 13.8 Å². The van der Waals surface area contributed by atoms with Crippen molar-refractivity contribution < 1.29 is 9.21 Å². The predicted molar refractivity (Wildman–Crippen MR) is 94.1 cm³/mol. The molecule has 5 nitrogen and oxygen atoms in total. The van der Waals surface area contributed by atoms with Gasteiger partial charge in [-0.3, -0.25) is 4.79 Å². The van der Waals surface area contributed by atoms with E-state index in [-0.39, 0.29) is 36.8 Å². The van der Waals surface area contributed by atoms with Crippen LogP contribution in [0.2, 0.25) is 0 Å². The molecule has 22 heavy (non-hydrogen) atoms. The van der Waals surface area contributed by atoms with Crippen molar-refractivity contribution in [3.05, 3.63) is 29.7 Å². The van der Waals surface area contributed by atoms with Crippen molar-refractivity contribution in [2.75, 3.05) is 6.54 Å². The zero-order chi connectivity index (χ0) is 14.5. The minimum Gasteiger partial charge on any atom is -0.472 e. The smallest absolute Gasteiger partial charge is 0.271 e. The minimum atomic E-state index is -0.174. The van der Waals surface area contributed by atoms with E-state index in [9.17, 15) is 4.79 Å². The third-order valence-electron chi connectivity index (χ3n) is 2.88. The number of nitrogens with zero attached hydrogens (tertiary/aromatic N) is 1. The van der Waals surface area contributed by atoms with Crippen LogP contribution in [-0.2, 0) is 0 Å². The number of hydrogen-bond acceptors (Lipinski definition) is 5. The van der Waals surface area contributed by atoms with Gasteiger partial charge in [0.25, 0.3) is 5.91 Å². The fourth-order valence-electron chi connectivity index (χ4n) is 1.94. The number of carbonyl (C=O) groups excluding carboxylic acids is 1. The molecule has 8 heteroatoms. The van der Waals surface area contributed by atoms with Crippen molar-refractivity contribution in [1.82, 2.24) is 10.3 Å². The van der Waals surface area contributed by atoms with E-state index in [1.807, 2.05) is 6.07 Å². The molecular formula is C14H21Cl2N3O2S. The molecule has 1 unspecified atom stereocenters. The zero-order valence-electron chi connectivity index (χ0n) is 12.4. The largest absolute Gasteiger partial charge is 0.472 e. The second-order valence-electron chi connectivity index (χ2n) is 5.09. The Bertz CT molecular complexity index is 558. The number of thiazole rings is 1. The van der Waals surface area contributed by atoms with Crippen LogP contribution >= 0.6 is 36.2 Å². The van der Waals surface area contributed by atoms with E-state index in [0.717, 1.165) is 17.0 Å². The lowest BCUT2D eigenvalue weighted by Crippen LogP contribution is -2.41. The Morgan fingerprint density at radius 3 is 2.73 bits per heavy atom. The molecule has 124 valence electrons. The molecule has 2 aromatic heterocycles. The minimum absolute atomic E-state index is 0. The molecule has 0 bridgehead atoms. The van der Waals surface area contributed by atoms with Crippen LogP contribution in [0.1, 0.15) is 30.8 Å². The topological polar surface area (TPSA) is 81.1 Å². The highest BCUT2D eigenvalue weighted by Crippen LogP contribution is 2.23. The van der Waals surface area contributed by atoms with Crippen LogP contribution in [0.25, 0.3) is 10.6 Å². The molecular weight excluding hydrogens is 345 g/mol. The fourth-order valence-corrected chi connectivity index (χ4v) is 2.73.